The van der Waals surface area contributed by atoms with Crippen LogP contribution in [0.25, 0.3) is 0 Å². The maximum absolute atomic E-state index is 6.00. The van der Waals surface area contributed by atoms with Crippen molar-refractivity contribution in [3.8, 4) is 0 Å². The number of hydrogen-bond donors (Lipinski definition) is 0. The van der Waals surface area contributed by atoms with Crippen LogP contribution in [0.5, 0.6) is 0 Å². The van der Waals surface area contributed by atoms with E-state index in [0.29, 0.717) is 11.7 Å². The zero-order valence-corrected chi connectivity index (χ0v) is 12.6. The van der Waals surface area contributed by atoms with Crippen LogP contribution in [0.4, 0.5) is 5.82 Å². The fourth-order valence-corrected chi connectivity index (χ4v) is 3.22. The summed E-state index contributed by atoms with van der Waals surface area (Å²) in [5.41, 5.74) is 0.742. The van der Waals surface area contributed by atoms with Crippen molar-refractivity contribution in [3.63, 3.8) is 0 Å². The number of rotatable bonds is 4. The van der Waals surface area contributed by atoms with Gasteiger partial charge in [-0.05, 0) is 12.1 Å². The first-order valence-corrected chi connectivity index (χ1v) is 7.23. The Bertz CT molecular complexity index is 544. The van der Waals surface area contributed by atoms with Crippen LogP contribution in [0.2, 0.25) is 9.49 Å². The monoisotopic (exact) mass is 321 g/mol. The van der Waals surface area contributed by atoms with Gasteiger partial charge in [0.15, 0.2) is 0 Å². The van der Waals surface area contributed by atoms with E-state index in [1.54, 1.807) is 11.3 Å². The average Bonchev–Trinajstić information content (AvgIpc) is 2.74. The normalized spacial score (nSPS) is 10.7. The van der Waals surface area contributed by atoms with E-state index < -0.39 is 0 Å². The second-order valence-corrected chi connectivity index (χ2v) is 6.09. The molecule has 0 saturated carbocycles. The van der Waals surface area contributed by atoms with Crippen molar-refractivity contribution in [2.75, 3.05) is 11.9 Å². The Morgan fingerprint density at radius 2 is 2.06 bits per heavy atom. The second-order valence-electron chi connectivity index (χ2n) is 3.66. The Morgan fingerprint density at radius 1 is 1.28 bits per heavy atom. The molecule has 2 rings (SSSR count). The molecule has 0 aliphatic heterocycles. The Labute approximate surface area is 124 Å². The molecule has 0 aromatic carbocycles. The summed E-state index contributed by atoms with van der Waals surface area (Å²) in [6, 6.07) is 3.87. The van der Waals surface area contributed by atoms with Gasteiger partial charge in [0.1, 0.15) is 17.3 Å². The van der Waals surface area contributed by atoms with Crippen molar-refractivity contribution in [1.82, 2.24) is 9.97 Å². The molecule has 0 saturated heterocycles. The predicted molar refractivity (Wildman–Crippen MR) is 78.0 cm³/mol. The quantitative estimate of drug-likeness (QED) is 0.623. The lowest BCUT2D eigenvalue weighted by Gasteiger charge is -2.19. The van der Waals surface area contributed by atoms with Gasteiger partial charge in [0.2, 0.25) is 0 Å². The highest BCUT2D eigenvalue weighted by Gasteiger charge is 2.13. The van der Waals surface area contributed by atoms with E-state index in [9.17, 15) is 0 Å². The van der Waals surface area contributed by atoms with Crippen LogP contribution >= 0.6 is 46.1 Å². The highest BCUT2D eigenvalue weighted by molar-refractivity contribution is 7.16. The second kappa shape index (κ2) is 6.06. The molecule has 2 aromatic heterocycles. The number of aromatic nitrogens is 2. The van der Waals surface area contributed by atoms with Gasteiger partial charge in [0, 0.05) is 17.5 Å². The van der Waals surface area contributed by atoms with Crippen molar-refractivity contribution in [1.29, 1.82) is 0 Å². The molecule has 0 aliphatic carbocycles. The number of thiophene rings is 1. The fourth-order valence-electron chi connectivity index (χ4n) is 1.57. The Hall–Kier alpha value is -0.550. The molecule has 2 aromatic rings. The maximum atomic E-state index is 6.00. The molecule has 18 heavy (non-hydrogen) atoms. The van der Waals surface area contributed by atoms with E-state index in [-0.39, 0.29) is 5.88 Å². The van der Waals surface area contributed by atoms with Gasteiger partial charge in [-0.2, -0.15) is 0 Å². The van der Waals surface area contributed by atoms with Crippen LogP contribution < -0.4 is 4.90 Å². The number of hydrogen-bond acceptors (Lipinski definition) is 4. The smallest absolute Gasteiger partial charge is 0.138 e. The van der Waals surface area contributed by atoms with Gasteiger partial charge in [-0.3, -0.25) is 0 Å². The SMILES string of the molecule is CN(Cc1ccc(Cl)s1)c1ncnc(Cl)c1CCl. The first kappa shape index (κ1) is 13.9. The first-order valence-electron chi connectivity index (χ1n) is 5.12. The molecule has 0 aliphatic rings. The lowest BCUT2D eigenvalue weighted by molar-refractivity contribution is 0.892. The van der Waals surface area contributed by atoms with E-state index in [2.05, 4.69) is 9.97 Å². The van der Waals surface area contributed by atoms with Crippen molar-refractivity contribution < 1.29 is 0 Å². The summed E-state index contributed by atoms with van der Waals surface area (Å²) in [5.74, 6) is 1.03. The molecule has 0 spiro atoms. The number of halogens is 3. The van der Waals surface area contributed by atoms with Gasteiger partial charge >= 0.3 is 0 Å². The molecular weight excluding hydrogens is 313 g/mol. The van der Waals surface area contributed by atoms with E-state index in [0.717, 1.165) is 20.6 Å². The van der Waals surface area contributed by atoms with Crippen LogP contribution in [0, 0.1) is 0 Å². The number of alkyl halides is 1. The van der Waals surface area contributed by atoms with Crippen LogP contribution in [0.3, 0.4) is 0 Å². The summed E-state index contributed by atoms with van der Waals surface area (Å²) in [7, 11) is 1.93. The zero-order chi connectivity index (χ0) is 13.1. The Kier molecular flexibility index (Phi) is 4.67. The average molecular weight is 323 g/mol. The van der Waals surface area contributed by atoms with Crippen LogP contribution in [-0.2, 0) is 12.4 Å². The summed E-state index contributed by atoms with van der Waals surface area (Å²) in [5, 5.41) is 0.395. The van der Waals surface area contributed by atoms with Gasteiger partial charge in [-0.15, -0.1) is 22.9 Å². The van der Waals surface area contributed by atoms with E-state index in [1.165, 1.54) is 6.33 Å². The van der Waals surface area contributed by atoms with Gasteiger partial charge in [0.25, 0.3) is 0 Å². The molecule has 0 N–H and O–H groups in total. The van der Waals surface area contributed by atoms with Crippen molar-refractivity contribution >= 4 is 52.0 Å². The Morgan fingerprint density at radius 3 is 2.67 bits per heavy atom. The maximum Gasteiger partial charge on any atom is 0.138 e. The summed E-state index contributed by atoms with van der Waals surface area (Å²) in [6.45, 7) is 0.703. The third-order valence-electron chi connectivity index (χ3n) is 2.39. The van der Waals surface area contributed by atoms with E-state index in [4.69, 9.17) is 34.8 Å². The summed E-state index contributed by atoms with van der Waals surface area (Å²) in [4.78, 5) is 11.3. The zero-order valence-electron chi connectivity index (χ0n) is 9.53. The first-order chi connectivity index (χ1) is 8.61. The predicted octanol–water partition coefficient (Wildman–Crippen LogP) is 4.22. The van der Waals surface area contributed by atoms with Crippen LogP contribution in [0.1, 0.15) is 10.4 Å². The molecule has 0 atom stereocenters. The molecule has 0 radical (unpaired) electrons. The fraction of sp³-hybridized carbons (Fsp3) is 0.273. The molecule has 7 heteroatoms. The molecular formula is C11H10Cl3N3S. The van der Waals surface area contributed by atoms with Gasteiger partial charge < -0.3 is 4.90 Å². The molecule has 3 nitrogen and oxygen atoms in total. The molecule has 0 fully saturated rings. The minimum absolute atomic E-state index is 0.282. The Balaban J connectivity index is 2.23. The van der Waals surface area contributed by atoms with E-state index in [1.807, 2.05) is 24.1 Å². The third-order valence-corrected chi connectivity index (χ3v) is 4.20. The highest BCUT2D eigenvalue weighted by atomic mass is 35.5. The molecule has 0 unspecified atom stereocenters. The van der Waals surface area contributed by atoms with Crippen molar-refractivity contribution in [2.45, 2.75) is 12.4 Å². The van der Waals surface area contributed by atoms with Crippen LogP contribution in [0.15, 0.2) is 18.5 Å². The standard InChI is InChI=1S/C11H10Cl3N3S/c1-17(5-7-2-3-9(13)18-7)11-8(4-12)10(14)15-6-16-11/h2-3,6H,4-5H2,1H3. The molecule has 96 valence electrons. The largest absolute Gasteiger partial charge is 0.354 e. The number of anilines is 1. The minimum atomic E-state index is 0.282. The lowest BCUT2D eigenvalue weighted by atomic mass is 10.3. The third kappa shape index (κ3) is 3.06. The topological polar surface area (TPSA) is 29.0 Å². The summed E-state index contributed by atoms with van der Waals surface area (Å²) < 4.78 is 0.775. The van der Waals surface area contributed by atoms with Crippen molar-refractivity contribution in [2.24, 2.45) is 0 Å². The van der Waals surface area contributed by atoms with Gasteiger partial charge in [-0.25, -0.2) is 9.97 Å². The van der Waals surface area contributed by atoms with E-state index >= 15 is 0 Å². The summed E-state index contributed by atoms with van der Waals surface area (Å²) in [6.07, 6.45) is 1.44. The summed E-state index contributed by atoms with van der Waals surface area (Å²) >= 11 is 19.3. The van der Waals surface area contributed by atoms with Gasteiger partial charge in [0.05, 0.1) is 16.8 Å². The van der Waals surface area contributed by atoms with Crippen LogP contribution in [-0.4, -0.2) is 17.0 Å². The minimum Gasteiger partial charge on any atom is -0.354 e. The highest BCUT2D eigenvalue weighted by Crippen LogP contribution is 2.27. The van der Waals surface area contributed by atoms with Crippen molar-refractivity contribution in [3.05, 3.63) is 38.4 Å². The molecule has 0 bridgehead atoms. The molecule has 0 amide bonds. The van der Waals surface area contributed by atoms with Gasteiger partial charge in [-0.1, -0.05) is 23.2 Å². The molecule has 2 heterocycles. The number of nitrogens with zero attached hydrogens (tertiary/aromatic N) is 3. The lowest BCUT2D eigenvalue weighted by Crippen LogP contribution is -2.19.